The molecule has 4 heteroatoms. The lowest BCUT2D eigenvalue weighted by Crippen LogP contribution is -2.05. The molecule has 3 aromatic carbocycles. The Morgan fingerprint density at radius 1 is 0.969 bits per heavy atom. The van der Waals surface area contributed by atoms with Crippen molar-refractivity contribution < 1.29 is 9.53 Å². The van der Waals surface area contributed by atoms with E-state index in [0.29, 0.717) is 11.3 Å². The standard InChI is InChI=1S/C28H23NO2S/c1-17-13-14-24(31-19(3)20-9-5-4-6-10-20)26-21(16-30)15-23(29-27(17)26)28-18(2)22-11-7-8-12-25(22)32-28/h4-16,19H,1-3H3. The maximum atomic E-state index is 12.2. The van der Waals surface area contributed by atoms with Crippen LogP contribution >= 0.6 is 11.3 Å². The van der Waals surface area contributed by atoms with Crippen molar-refractivity contribution in [1.29, 1.82) is 0 Å². The molecule has 0 aliphatic rings. The number of benzene rings is 3. The summed E-state index contributed by atoms with van der Waals surface area (Å²) >= 11 is 1.71. The maximum absolute atomic E-state index is 12.2. The molecule has 0 N–H and O–H groups in total. The lowest BCUT2D eigenvalue weighted by molar-refractivity contribution is 0.112. The molecule has 5 rings (SSSR count). The summed E-state index contributed by atoms with van der Waals surface area (Å²) in [6.07, 6.45) is 0.765. The van der Waals surface area contributed by atoms with Gasteiger partial charge in [0.05, 0.1) is 21.5 Å². The smallest absolute Gasteiger partial charge is 0.150 e. The van der Waals surface area contributed by atoms with Crippen molar-refractivity contribution in [3.05, 3.63) is 95.1 Å². The van der Waals surface area contributed by atoms with E-state index in [4.69, 9.17) is 9.72 Å². The van der Waals surface area contributed by atoms with Crippen LogP contribution in [-0.4, -0.2) is 11.3 Å². The molecule has 0 fully saturated rings. The Balaban J connectivity index is 1.67. The van der Waals surface area contributed by atoms with E-state index in [1.54, 1.807) is 11.3 Å². The van der Waals surface area contributed by atoms with E-state index in [2.05, 4.69) is 25.1 Å². The van der Waals surface area contributed by atoms with Gasteiger partial charge in [0.25, 0.3) is 0 Å². The van der Waals surface area contributed by atoms with Gasteiger partial charge in [0.2, 0.25) is 0 Å². The Morgan fingerprint density at radius 2 is 1.72 bits per heavy atom. The number of hydrogen-bond donors (Lipinski definition) is 0. The molecule has 0 spiro atoms. The highest BCUT2D eigenvalue weighted by Gasteiger charge is 2.18. The van der Waals surface area contributed by atoms with Crippen LogP contribution in [0.25, 0.3) is 31.6 Å². The number of thiophene rings is 1. The van der Waals surface area contributed by atoms with Crippen LogP contribution in [-0.2, 0) is 0 Å². The fraction of sp³-hybridized carbons (Fsp3) is 0.143. The van der Waals surface area contributed by atoms with E-state index in [1.165, 1.54) is 15.6 Å². The first-order valence-electron chi connectivity index (χ1n) is 10.7. The summed E-state index contributed by atoms with van der Waals surface area (Å²) < 4.78 is 7.55. The molecular formula is C28H23NO2S. The van der Waals surface area contributed by atoms with E-state index >= 15 is 0 Å². The van der Waals surface area contributed by atoms with Gasteiger partial charge in [-0.15, -0.1) is 11.3 Å². The summed E-state index contributed by atoms with van der Waals surface area (Å²) in [6, 6.07) is 24.3. The summed E-state index contributed by atoms with van der Waals surface area (Å²) in [6.45, 7) is 6.16. The largest absolute Gasteiger partial charge is 0.485 e. The van der Waals surface area contributed by atoms with Gasteiger partial charge in [-0.1, -0.05) is 54.6 Å². The number of carbonyl (C=O) groups is 1. The number of fused-ring (bicyclic) bond motifs is 2. The topological polar surface area (TPSA) is 39.2 Å². The van der Waals surface area contributed by atoms with E-state index in [9.17, 15) is 4.79 Å². The quantitative estimate of drug-likeness (QED) is 0.265. The summed E-state index contributed by atoms with van der Waals surface area (Å²) in [5.74, 6) is 0.677. The predicted octanol–water partition coefficient (Wildman–Crippen LogP) is 7.69. The van der Waals surface area contributed by atoms with E-state index in [1.807, 2.05) is 68.4 Å². The number of nitrogens with zero attached hydrogens (tertiary/aromatic N) is 1. The number of aromatic nitrogens is 1. The van der Waals surface area contributed by atoms with E-state index in [0.717, 1.165) is 38.9 Å². The summed E-state index contributed by atoms with van der Waals surface area (Å²) in [5, 5.41) is 2.00. The first-order chi connectivity index (χ1) is 15.6. The van der Waals surface area contributed by atoms with Crippen LogP contribution in [0.5, 0.6) is 5.75 Å². The van der Waals surface area contributed by atoms with Gasteiger partial charge < -0.3 is 4.74 Å². The summed E-state index contributed by atoms with van der Waals surface area (Å²) in [4.78, 5) is 18.3. The van der Waals surface area contributed by atoms with Crippen molar-refractivity contribution >= 4 is 38.6 Å². The Morgan fingerprint density at radius 3 is 2.47 bits per heavy atom. The number of pyridine rings is 1. The monoisotopic (exact) mass is 437 g/mol. The van der Waals surface area contributed by atoms with Gasteiger partial charge in [0.15, 0.2) is 6.29 Å². The van der Waals surface area contributed by atoms with Crippen LogP contribution in [0.4, 0.5) is 0 Å². The SMILES string of the molecule is Cc1c(-c2cc(C=O)c3c(OC(C)c4ccccc4)ccc(C)c3n2)sc2ccccc12. The molecular weight excluding hydrogens is 414 g/mol. The Kier molecular flexibility index (Phi) is 5.24. The third kappa shape index (κ3) is 3.47. The minimum Gasteiger partial charge on any atom is -0.485 e. The molecule has 158 valence electrons. The Bertz CT molecular complexity index is 1450. The van der Waals surface area contributed by atoms with Crippen LogP contribution in [0.1, 0.15) is 40.1 Å². The molecule has 0 saturated carbocycles. The van der Waals surface area contributed by atoms with Gasteiger partial charge in [-0.05, 0) is 61.0 Å². The molecule has 1 atom stereocenters. The second kappa shape index (κ2) is 8.21. The highest BCUT2D eigenvalue weighted by atomic mass is 32.1. The molecule has 0 saturated heterocycles. The third-order valence-corrected chi connectivity index (χ3v) is 7.23. The first kappa shape index (κ1) is 20.4. The average molecular weight is 438 g/mol. The molecule has 32 heavy (non-hydrogen) atoms. The second-order valence-corrected chi connectivity index (χ2v) is 9.09. The van der Waals surface area contributed by atoms with Crippen molar-refractivity contribution in [2.24, 2.45) is 0 Å². The predicted molar refractivity (Wildman–Crippen MR) is 133 cm³/mol. The second-order valence-electron chi connectivity index (χ2n) is 8.04. The molecule has 1 unspecified atom stereocenters. The molecule has 3 nitrogen and oxygen atoms in total. The fourth-order valence-electron chi connectivity index (χ4n) is 4.18. The van der Waals surface area contributed by atoms with Crippen molar-refractivity contribution in [3.63, 3.8) is 0 Å². The highest BCUT2D eigenvalue weighted by molar-refractivity contribution is 7.22. The van der Waals surface area contributed by atoms with Gasteiger partial charge in [-0.2, -0.15) is 0 Å². The highest BCUT2D eigenvalue weighted by Crippen LogP contribution is 2.40. The maximum Gasteiger partial charge on any atom is 0.150 e. The van der Waals surface area contributed by atoms with Gasteiger partial charge in [-0.3, -0.25) is 4.79 Å². The lowest BCUT2D eigenvalue weighted by Gasteiger charge is -2.18. The van der Waals surface area contributed by atoms with Gasteiger partial charge in [0, 0.05) is 10.3 Å². The van der Waals surface area contributed by atoms with Crippen LogP contribution in [0.3, 0.4) is 0 Å². The van der Waals surface area contributed by atoms with Gasteiger partial charge >= 0.3 is 0 Å². The van der Waals surface area contributed by atoms with E-state index < -0.39 is 0 Å². The third-order valence-electron chi connectivity index (χ3n) is 5.93. The molecule has 0 bridgehead atoms. The lowest BCUT2D eigenvalue weighted by atomic mass is 10.0. The summed E-state index contributed by atoms with van der Waals surface area (Å²) in [5.41, 5.74) is 5.52. The molecule has 2 aromatic heterocycles. The molecule has 5 aromatic rings. The molecule has 0 aliphatic carbocycles. The zero-order chi connectivity index (χ0) is 22.2. The van der Waals surface area contributed by atoms with Gasteiger partial charge in [-0.25, -0.2) is 4.98 Å². The number of hydrogen-bond acceptors (Lipinski definition) is 4. The molecule has 2 heterocycles. The van der Waals surface area contributed by atoms with Crippen molar-refractivity contribution in [1.82, 2.24) is 4.98 Å². The minimum atomic E-state index is -0.147. The Labute approximate surface area is 191 Å². The number of aryl methyl sites for hydroxylation is 2. The number of carbonyl (C=O) groups excluding carboxylic acids is 1. The average Bonchev–Trinajstić information content (AvgIpc) is 3.17. The molecule has 0 amide bonds. The molecule has 0 aliphatic heterocycles. The zero-order valence-corrected chi connectivity index (χ0v) is 19.1. The van der Waals surface area contributed by atoms with Crippen LogP contribution in [0.2, 0.25) is 0 Å². The fourth-order valence-corrected chi connectivity index (χ4v) is 5.35. The minimum absolute atomic E-state index is 0.147. The van der Waals surface area contributed by atoms with Gasteiger partial charge in [0.1, 0.15) is 11.9 Å². The first-order valence-corrected chi connectivity index (χ1v) is 11.5. The Hall–Kier alpha value is -3.50. The zero-order valence-electron chi connectivity index (χ0n) is 18.3. The molecule has 0 radical (unpaired) electrons. The van der Waals surface area contributed by atoms with Crippen molar-refractivity contribution in [2.75, 3.05) is 0 Å². The normalized spacial score (nSPS) is 12.2. The van der Waals surface area contributed by atoms with Crippen molar-refractivity contribution in [3.8, 4) is 16.3 Å². The van der Waals surface area contributed by atoms with Crippen LogP contribution in [0.15, 0.2) is 72.8 Å². The number of aldehydes is 1. The van der Waals surface area contributed by atoms with E-state index in [-0.39, 0.29) is 6.10 Å². The van der Waals surface area contributed by atoms with Crippen molar-refractivity contribution in [2.45, 2.75) is 26.9 Å². The van der Waals surface area contributed by atoms with Crippen LogP contribution < -0.4 is 4.74 Å². The summed E-state index contributed by atoms with van der Waals surface area (Å²) in [7, 11) is 0. The number of ether oxygens (including phenoxy) is 1. The number of rotatable bonds is 5. The van der Waals surface area contributed by atoms with Crippen LogP contribution in [0, 0.1) is 13.8 Å².